The van der Waals surface area contributed by atoms with E-state index in [0.29, 0.717) is 18.7 Å². The highest BCUT2D eigenvalue weighted by Crippen LogP contribution is 2.12. The van der Waals surface area contributed by atoms with Crippen LogP contribution in [0.15, 0.2) is 38.8 Å². The lowest BCUT2D eigenvalue weighted by molar-refractivity contribution is -0.139. The quantitative estimate of drug-likeness (QED) is 0.433. The van der Waals surface area contributed by atoms with Gasteiger partial charge < -0.3 is 16.3 Å². The summed E-state index contributed by atoms with van der Waals surface area (Å²) in [5.41, 5.74) is 1.43. The van der Waals surface area contributed by atoms with E-state index in [4.69, 9.17) is 10.9 Å². The third kappa shape index (κ3) is 3.64. The number of nitrogens with one attached hydrogen (secondary N) is 1. The van der Waals surface area contributed by atoms with Crippen LogP contribution in [-0.4, -0.2) is 41.6 Å². The molecule has 0 amide bonds. The average molecular weight is 339 g/mol. The molecular formula is C13H15BrN4O2. The zero-order valence-corrected chi connectivity index (χ0v) is 12.2. The van der Waals surface area contributed by atoms with Gasteiger partial charge in [-0.05, 0) is 18.6 Å². The van der Waals surface area contributed by atoms with Gasteiger partial charge in [0.15, 0.2) is 0 Å². The number of halogens is 1. The van der Waals surface area contributed by atoms with Gasteiger partial charge in [0.2, 0.25) is 0 Å². The lowest BCUT2D eigenvalue weighted by atomic mass is 10.1. The Morgan fingerprint density at radius 1 is 1.45 bits per heavy atom. The second-order valence-corrected chi connectivity index (χ2v) is 5.40. The van der Waals surface area contributed by atoms with Crippen molar-refractivity contribution in [2.45, 2.75) is 18.5 Å². The van der Waals surface area contributed by atoms with Crippen molar-refractivity contribution >= 4 is 33.8 Å². The summed E-state index contributed by atoms with van der Waals surface area (Å²) in [4.78, 5) is 15.2. The first-order valence-corrected chi connectivity index (χ1v) is 6.92. The summed E-state index contributed by atoms with van der Waals surface area (Å²) < 4.78 is 0.971. The van der Waals surface area contributed by atoms with Crippen molar-refractivity contribution < 1.29 is 9.90 Å². The summed E-state index contributed by atoms with van der Waals surface area (Å²) in [6.07, 6.45) is 2.07. The molecule has 0 aromatic heterocycles. The summed E-state index contributed by atoms with van der Waals surface area (Å²) >= 11 is 3.36. The minimum absolute atomic E-state index is 0.0664. The van der Waals surface area contributed by atoms with Crippen LogP contribution in [0.1, 0.15) is 12.0 Å². The Bertz CT molecular complexity index is 542. The molecule has 20 heavy (non-hydrogen) atoms. The average Bonchev–Trinajstić information content (AvgIpc) is 2.90. The molecule has 1 aromatic carbocycles. The Kier molecular flexibility index (Phi) is 4.86. The Balaban J connectivity index is 2.02. The third-order valence-electron chi connectivity index (χ3n) is 3.09. The van der Waals surface area contributed by atoms with Crippen LogP contribution >= 0.6 is 15.9 Å². The van der Waals surface area contributed by atoms with Crippen molar-refractivity contribution in [3.63, 3.8) is 0 Å². The number of rotatable bonds is 4. The number of benzene rings is 1. The molecule has 0 radical (unpaired) electrons. The summed E-state index contributed by atoms with van der Waals surface area (Å²) in [6, 6.07) is 6.97. The van der Waals surface area contributed by atoms with Gasteiger partial charge in [-0.2, -0.15) is 5.10 Å². The lowest BCUT2D eigenvalue weighted by Gasteiger charge is -2.03. The summed E-state index contributed by atoms with van der Waals surface area (Å²) in [7, 11) is 0. The Morgan fingerprint density at radius 2 is 2.15 bits per heavy atom. The molecule has 106 valence electrons. The van der Waals surface area contributed by atoms with E-state index in [-0.39, 0.29) is 6.04 Å². The second kappa shape index (κ2) is 6.62. The zero-order valence-electron chi connectivity index (χ0n) is 10.7. The van der Waals surface area contributed by atoms with Crippen molar-refractivity contribution in [3.8, 4) is 0 Å². The number of carboxylic acid groups (broad SMARTS) is 1. The molecule has 0 saturated carbocycles. The van der Waals surface area contributed by atoms with E-state index in [0.717, 1.165) is 10.0 Å². The maximum Gasteiger partial charge on any atom is 0.320 e. The fraction of sp³-hybridized carbons (Fsp3) is 0.308. The molecule has 0 bridgehead atoms. The van der Waals surface area contributed by atoms with Crippen LogP contribution in [0, 0.1) is 0 Å². The molecule has 0 aliphatic carbocycles. The first-order chi connectivity index (χ1) is 9.60. The van der Waals surface area contributed by atoms with Gasteiger partial charge in [0.1, 0.15) is 11.8 Å². The summed E-state index contributed by atoms with van der Waals surface area (Å²) in [5, 5.41) is 15.5. The van der Waals surface area contributed by atoms with Crippen LogP contribution in [0.3, 0.4) is 0 Å². The number of carboxylic acids is 1. The van der Waals surface area contributed by atoms with E-state index in [9.17, 15) is 4.79 Å². The summed E-state index contributed by atoms with van der Waals surface area (Å²) in [6.45, 7) is 0.547. The van der Waals surface area contributed by atoms with Crippen LogP contribution < -0.4 is 11.2 Å². The highest BCUT2D eigenvalue weighted by Gasteiger charge is 2.28. The molecule has 1 saturated heterocycles. The number of hydrogen-bond acceptors (Lipinski definition) is 5. The molecule has 1 fully saturated rings. The molecule has 2 rings (SSSR count). The maximum absolute atomic E-state index is 10.8. The van der Waals surface area contributed by atoms with E-state index < -0.39 is 12.0 Å². The molecule has 4 N–H and O–H groups in total. The van der Waals surface area contributed by atoms with Crippen molar-refractivity contribution in [2.24, 2.45) is 15.9 Å². The van der Waals surface area contributed by atoms with E-state index in [1.54, 1.807) is 6.21 Å². The normalized spacial score (nSPS) is 23.4. The van der Waals surface area contributed by atoms with Crippen LogP contribution in [0.25, 0.3) is 0 Å². The molecule has 1 heterocycles. The topological polar surface area (TPSA) is 100 Å². The minimum atomic E-state index is -0.844. The van der Waals surface area contributed by atoms with Gasteiger partial charge in [0.25, 0.3) is 0 Å². The zero-order chi connectivity index (χ0) is 14.5. The molecule has 6 nitrogen and oxygen atoms in total. The van der Waals surface area contributed by atoms with Gasteiger partial charge in [-0.25, -0.2) is 0 Å². The monoisotopic (exact) mass is 338 g/mol. The number of hydrazone groups is 1. The van der Waals surface area contributed by atoms with Crippen molar-refractivity contribution in [1.82, 2.24) is 5.32 Å². The fourth-order valence-corrected chi connectivity index (χ4v) is 2.26. The van der Waals surface area contributed by atoms with Crippen molar-refractivity contribution in [1.29, 1.82) is 0 Å². The SMILES string of the molecule is NN=C(C=NC1CNC(C(=O)O)C1)c1ccc(Br)cc1. The van der Waals surface area contributed by atoms with Crippen molar-refractivity contribution in [2.75, 3.05) is 6.54 Å². The van der Waals surface area contributed by atoms with Gasteiger partial charge in [-0.15, -0.1) is 0 Å². The van der Waals surface area contributed by atoms with E-state index in [1.165, 1.54) is 0 Å². The van der Waals surface area contributed by atoms with E-state index in [2.05, 4.69) is 31.3 Å². The molecule has 0 spiro atoms. The van der Waals surface area contributed by atoms with Crippen LogP contribution in [0.5, 0.6) is 0 Å². The number of nitrogens with two attached hydrogens (primary N) is 1. The fourth-order valence-electron chi connectivity index (χ4n) is 2.00. The van der Waals surface area contributed by atoms with Crippen LogP contribution in [0.4, 0.5) is 0 Å². The summed E-state index contributed by atoms with van der Waals surface area (Å²) in [5.74, 6) is 4.53. The van der Waals surface area contributed by atoms with Crippen LogP contribution in [-0.2, 0) is 4.79 Å². The molecule has 1 aromatic rings. The first-order valence-electron chi connectivity index (χ1n) is 6.13. The molecule has 2 unspecified atom stereocenters. The van der Waals surface area contributed by atoms with Gasteiger partial charge in [-0.1, -0.05) is 28.1 Å². The first kappa shape index (κ1) is 14.7. The highest BCUT2D eigenvalue weighted by molar-refractivity contribution is 9.10. The van der Waals surface area contributed by atoms with E-state index >= 15 is 0 Å². The number of nitrogens with zero attached hydrogens (tertiary/aromatic N) is 2. The standard InChI is InChI=1S/C13H15BrN4O2/c14-9-3-1-8(2-4-9)12(18-15)7-16-10-5-11(13(19)20)17-6-10/h1-4,7,10-11,17H,5-6,15H2,(H,19,20). The Morgan fingerprint density at radius 3 is 2.70 bits per heavy atom. The Labute approximate surface area is 124 Å². The van der Waals surface area contributed by atoms with Crippen LogP contribution in [0.2, 0.25) is 0 Å². The smallest absolute Gasteiger partial charge is 0.320 e. The third-order valence-corrected chi connectivity index (χ3v) is 3.62. The van der Waals surface area contributed by atoms with Gasteiger partial charge in [-0.3, -0.25) is 9.79 Å². The highest BCUT2D eigenvalue weighted by atomic mass is 79.9. The lowest BCUT2D eigenvalue weighted by Crippen LogP contribution is -2.29. The minimum Gasteiger partial charge on any atom is -0.480 e. The van der Waals surface area contributed by atoms with Gasteiger partial charge in [0, 0.05) is 22.8 Å². The van der Waals surface area contributed by atoms with Gasteiger partial charge >= 0.3 is 5.97 Å². The molecule has 1 aliphatic heterocycles. The predicted octanol–water partition coefficient (Wildman–Crippen LogP) is 0.998. The molecule has 1 aliphatic rings. The van der Waals surface area contributed by atoms with Gasteiger partial charge in [0.05, 0.1) is 6.04 Å². The van der Waals surface area contributed by atoms with Crippen molar-refractivity contribution in [3.05, 3.63) is 34.3 Å². The Hall–Kier alpha value is -1.73. The molecular weight excluding hydrogens is 324 g/mol. The molecule has 2 atom stereocenters. The number of aliphatic imine (C=N–C) groups is 1. The number of carbonyl (C=O) groups is 1. The largest absolute Gasteiger partial charge is 0.480 e. The molecule has 7 heteroatoms. The van der Waals surface area contributed by atoms with E-state index in [1.807, 2.05) is 24.3 Å². The number of aliphatic carboxylic acids is 1. The predicted molar refractivity (Wildman–Crippen MR) is 81.2 cm³/mol. The second-order valence-electron chi connectivity index (χ2n) is 4.49. The number of hydrogen-bond donors (Lipinski definition) is 3. The maximum atomic E-state index is 10.8.